The molecule has 0 aliphatic carbocycles. The van der Waals surface area contributed by atoms with Crippen LogP contribution in [-0.4, -0.2) is 38.9 Å². The number of hydrogen-bond acceptors (Lipinski definition) is 6. The summed E-state index contributed by atoms with van der Waals surface area (Å²) in [5.74, 6) is 0.436. The molecule has 0 saturated carbocycles. The molecule has 2 aromatic carbocycles. The van der Waals surface area contributed by atoms with Crippen molar-refractivity contribution < 1.29 is 19.5 Å². The van der Waals surface area contributed by atoms with Gasteiger partial charge in [0.2, 0.25) is 0 Å². The number of para-hydroxylation sites is 2. The van der Waals surface area contributed by atoms with Crippen molar-refractivity contribution in [1.82, 2.24) is 9.55 Å². The van der Waals surface area contributed by atoms with Crippen LogP contribution in [0.1, 0.15) is 32.6 Å². The first-order chi connectivity index (χ1) is 14.3. The molecule has 0 amide bonds. The molecular formula is C22H25N3O5. The van der Waals surface area contributed by atoms with E-state index in [9.17, 15) is 15.2 Å². The molecule has 4 rings (SSSR count). The first-order valence-corrected chi connectivity index (χ1v) is 9.91. The summed E-state index contributed by atoms with van der Waals surface area (Å²) in [6.07, 6.45) is -1.21. The van der Waals surface area contributed by atoms with E-state index in [2.05, 4.69) is 0 Å². The van der Waals surface area contributed by atoms with Crippen molar-refractivity contribution in [3.05, 3.63) is 58.1 Å². The quantitative estimate of drug-likeness (QED) is 0.502. The van der Waals surface area contributed by atoms with Crippen LogP contribution in [0.2, 0.25) is 0 Å². The molecule has 3 aromatic rings. The number of benzene rings is 2. The van der Waals surface area contributed by atoms with E-state index in [1.807, 2.05) is 43.5 Å². The van der Waals surface area contributed by atoms with Gasteiger partial charge in [-0.2, -0.15) is 0 Å². The molecule has 158 valence electrons. The monoisotopic (exact) mass is 411 g/mol. The van der Waals surface area contributed by atoms with Crippen LogP contribution in [0.4, 0.5) is 5.69 Å². The zero-order valence-electron chi connectivity index (χ0n) is 17.2. The summed E-state index contributed by atoms with van der Waals surface area (Å²) in [7, 11) is 0. The molecule has 0 spiro atoms. The summed E-state index contributed by atoms with van der Waals surface area (Å²) < 4.78 is 13.2. The highest BCUT2D eigenvalue weighted by Gasteiger charge is 2.29. The Balaban J connectivity index is 1.95. The molecule has 1 atom stereocenters. The summed E-state index contributed by atoms with van der Waals surface area (Å²) in [6.45, 7) is 7.10. The van der Waals surface area contributed by atoms with Gasteiger partial charge < -0.3 is 19.1 Å². The van der Waals surface area contributed by atoms with Crippen LogP contribution in [-0.2, 0) is 16.0 Å². The number of aliphatic hydroxyl groups is 1. The van der Waals surface area contributed by atoms with Gasteiger partial charge in [0.05, 0.1) is 47.4 Å². The van der Waals surface area contributed by atoms with Gasteiger partial charge in [-0.25, -0.2) is 4.98 Å². The smallest absolute Gasteiger partial charge is 0.280 e. The Hall–Kier alpha value is -2.81. The Morgan fingerprint density at radius 1 is 1.20 bits per heavy atom. The predicted molar refractivity (Wildman–Crippen MR) is 112 cm³/mol. The van der Waals surface area contributed by atoms with E-state index < -0.39 is 17.3 Å². The minimum atomic E-state index is -0.681. The maximum absolute atomic E-state index is 11.7. The molecule has 2 heterocycles. The molecule has 8 nitrogen and oxygen atoms in total. The maximum atomic E-state index is 11.7. The molecule has 1 saturated heterocycles. The van der Waals surface area contributed by atoms with Gasteiger partial charge in [0.1, 0.15) is 5.82 Å². The molecule has 1 unspecified atom stereocenters. The summed E-state index contributed by atoms with van der Waals surface area (Å²) >= 11 is 0. The predicted octanol–water partition coefficient (Wildman–Crippen LogP) is 4.06. The number of fused-ring (bicyclic) bond motifs is 1. The van der Waals surface area contributed by atoms with Gasteiger partial charge in [-0.05, 0) is 17.5 Å². The maximum Gasteiger partial charge on any atom is 0.280 e. The topological polar surface area (TPSA) is 99.7 Å². The average Bonchev–Trinajstić information content (AvgIpc) is 3.35. The van der Waals surface area contributed by atoms with Crippen molar-refractivity contribution in [2.45, 2.75) is 39.7 Å². The first kappa shape index (κ1) is 20.5. The lowest BCUT2D eigenvalue weighted by Gasteiger charge is -2.27. The van der Waals surface area contributed by atoms with Crippen LogP contribution in [0.3, 0.4) is 0 Å². The van der Waals surface area contributed by atoms with Crippen molar-refractivity contribution in [3.8, 4) is 11.4 Å². The van der Waals surface area contributed by atoms with E-state index in [4.69, 9.17) is 14.5 Å². The molecular weight excluding hydrogens is 386 g/mol. The molecule has 1 N–H and O–H groups in total. The van der Waals surface area contributed by atoms with Gasteiger partial charge in [-0.15, -0.1) is 0 Å². The SMILES string of the molecule is CC(C)(C)C(O)Cn1c(-c2ccccc2[N+](=O)[O-])nc2c(C3OCCO3)cccc21. The molecule has 0 bridgehead atoms. The lowest BCUT2D eigenvalue weighted by molar-refractivity contribution is -0.384. The van der Waals surface area contributed by atoms with Gasteiger partial charge >= 0.3 is 0 Å². The normalized spacial score (nSPS) is 16.3. The fraction of sp³-hybridized carbons (Fsp3) is 0.409. The Kier molecular flexibility index (Phi) is 5.31. The molecule has 8 heteroatoms. The molecule has 1 fully saturated rings. The van der Waals surface area contributed by atoms with Crippen molar-refractivity contribution in [2.75, 3.05) is 13.2 Å². The van der Waals surface area contributed by atoms with Crippen molar-refractivity contribution in [1.29, 1.82) is 0 Å². The number of ether oxygens (including phenoxy) is 2. The highest BCUT2D eigenvalue weighted by Crippen LogP contribution is 2.36. The zero-order valence-corrected chi connectivity index (χ0v) is 17.2. The van der Waals surface area contributed by atoms with Crippen LogP contribution in [0.15, 0.2) is 42.5 Å². The van der Waals surface area contributed by atoms with E-state index in [1.165, 1.54) is 6.07 Å². The lowest BCUT2D eigenvalue weighted by Crippen LogP contribution is -2.30. The van der Waals surface area contributed by atoms with Gasteiger partial charge in [0, 0.05) is 11.6 Å². The minimum absolute atomic E-state index is 0.0331. The summed E-state index contributed by atoms with van der Waals surface area (Å²) in [6, 6.07) is 12.2. The van der Waals surface area contributed by atoms with Gasteiger partial charge in [-0.1, -0.05) is 45.0 Å². The Labute approximate surface area is 174 Å². The van der Waals surface area contributed by atoms with Crippen molar-refractivity contribution >= 4 is 16.7 Å². The molecule has 30 heavy (non-hydrogen) atoms. The number of rotatable bonds is 5. The lowest BCUT2D eigenvalue weighted by atomic mass is 9.89. The number of nitro groups is 1. The van der Waals surface area contributed by atoms with Crippen LogP contribution >= 0.6 is 0 Å². The second-order valence-electron chi connectivity index (χ2n) is 8.49. The van der Waals surface area contributed by atoms with E-state index in [0.717, 1.165) is 11.1 Å². The van der Waals surface area contributed by atoms with Gasteiger partial charge in [0.15, 0.2) is 6.29 Å². The van der Waals surface area contributed by atoms with Gasteiger partial charge in [-0.3, -0.25) is 10.1 Å². The van der Waals surface area contributed by atoms with E-state index in [0.29, 0.717) is 30.1 Å². The van der Waals surface area contributed by atoms with Crippen LogP contribution in [0.5, 0.6) is 0 Å². The third-order valence-corrected chi connectivity index (χ3v) is 5.38. The van der Waals surface area contributed by atoms with Crippen molar-refractivity contribution in [2.24, 2.45) is 5.41 Å². The van der Waals surface area contributed by atoms with E-state index in [-0.39, 0.29) is 17.6 Å². The summed E-state index contributed by atoms with van der Waals surface area (Å²) in [4.78, 5) is 16.0. The third kappa shape index (κ3) is 3.69. The number of aliphatic hydroxyl groups excluding tert-OH is 1. The number of aromatic nitrogens is 2. The average molecular weight is 411 g/mol. The number of nitro benzene ring substituents is 1. The number of imidazole rings is 1. The zero-order chi connectivity index (χ0) is 21.5. The second-order valence-corrected chi connectivity index (χ2v) is 8.49. The van der Waals surface area contributed by atoms with Crippen LogP contribution in [0.25, 0.3) is 22.4 Å². The molecule has 0 radical (unpaired) electrons. The fourth-order valence-electron chi connectivity index (χ4n) is 3.56. The molecule has 1 aliphatic heterocycles. The Bertz CT molecular complexity index is 1080. The third-order valence-electron chi connectivity index (χ3n) is 5.38. The van der Waals surface area contributed by atoms with Gasteiger partial charge in [0.25, 0.3) is 5.69 Å². The van der Waals surface area contributed by atoms with E-state index in [1.54, 1.807) is 18.2 Å². The highest BCUT2D eigenvalue weighted by atomic mass is 16.7. The highest BCUT2D eigenvalue weighted by molar-refractivity contribution is 5.85. The van der Waals surface area contributed by atoms with Crippen LogP contribution < -0.4 is 0 Å². The summed E-state index contributed by atoms with van der Waals surface area (Å²) in [5.41, 5.74) is 2.19. The standard InChI is InChI=1S/C22H25N3O5/c1-22(2,3)18(26)13-24-17-10-6-8-15(21-29-11-12-30-21)19(17)23-20(24)14-7-4-5-9-16(14)25(27)28/h4-10,18,21,26H,11-13H2,1-3H3. The van der Waals surface area contributed by atoms with Crippen LogP contribution in [0, 0.1) is 15.5 Å². The largest absolute Gasteiger partial charge is 0.391 e. The number of hydrogen-bond donors (Lipinski definition) is 1. The first-order valence-electron chi connectivity index (χ1n) is 9.91. The number of nitrogens with zero attached hydrogens (tertiary/aromatic N) is 3. The summed E-state index contributed by atoms with van der Waals surface area (Å²) in [5, 5.41) is 22.5. The van der Waals surface area contributed by atoms with Crippen molar-refractivity contribution in [3.63, 3.8) is 0 Å². The molecule has 1 aliphatic rings. The second kappa shape index (κ2) is 7.79. The Morgan fingerprint density at radius 3 is 2.57 bits per heavy atom. The Morgan fingerprint density at radius 2 is 1.90 bits per heavy atom. The molecule has 1 aromatic heterocycles. The minimum Gasteiger partial charge on any atom is -0.391 e. The fourth-order valence-corrected chi connectivity index (χ4v) is 3.56. The van der Waals surface area contributed by atoms with E-state index >= 15 is 0 Å².